The fraction of sp³-hybridized carbons (Fsp3) is 0.0526. The van der Waals surface area contributed by atoms with Gasteiger partial charge < -0.3 is 10.6 Å². The minimum atomic E-state index is -0.384. The number of hydrogen-bond donors (Lipinski definition) is 2. The van der Waals surface area contributed by atoms with Gasteiger partial charge in [-0.05, 0) is 29.8 Å². The average Bonchev–Trinajstić information content (AvgIpc) is 2.68. The van der Waals surface area contributed by atoms with Crippen molar-refractivity contribution in [1.82, 2.24) is 15.3 Å². The lowest BCUT2D eigenvalue weighted by Gasteiger charge is -2.08. The molecule has 0 saturated carbocycles. The van der Waals surface area contributed by atoms with Gasteiger partial charge in [0.2, 0.25) is 0 Å². The molecule has 0 saturated heterocycles. The van der Waals surface area contributed by atoms with Gasteiger partial charge >= 0.3 is 0 Å². The molecule has 0 bridgehead atoms. The van der Waals surface area contributed by atoms with E-state index in [0.29, 0.717) is 17.1 Å². The zero-order valence-corrected chi connectivity index (χ0v) is 13.6. The standard InChI is InChI=1S/C19H14FN5O/c20-15-7-5-13(6-8-15)10-24-19(26)17-11-23-18(12-22-17)25-16-4-2-1-3-14(16)9-21/h1-8,11-12H,10H2,(H,23,25)(H,24,26). The van der Waals surface area contributed by atoms with Gasteiger partial charge in [0.15, 0.2) is 0 Å². The maximum Gasteiger partial charge on any atom is 0.271 e. The van der Waals surface area contributed by atoms with Crippen molar-refractivity contribution in [2.45, 2.75) is 6.54 Å². The number of nitrogens with one attached hydrogen (secondary N) is 2. The molecule has 6 nitrogen and oxygen atoms in total. The molecule has 0 atom stereocenters. The number of para-hydroxylation sites is 1. The van der Waals surface area contributed by atoms with Gasteiger partial charge in [-0.1, -0.05) is 24.3 Å². The number of anilines is 2. The maximum absolute atomic E-state index is 12.9. The molecule has 0 fully saturated rings. The molecule has 1 aromatic heterocycles. The highest BCUT2D eigenvalue weighted by Gasteiger charge is 2.09. The first-order chi connectivity index (χ1) is 12.7. The van der Waals surface area contributed by atoms with E-state index >= 15 is 0 Å². The second kappa shape index (κ2) is 7.85. The Balaban J connectivity index is 1.62. The van der Waals surface area contributed by atoms with Crippen molar-refractivity contribution in [3.63, 3.8) is 0 Å². The molecule has 1 amide bonds. The fourth-order valence-electron chi connectivity index (χ4n) is 2.21. The van der Waals surface area contributed by atoms with Gasteiger partial charge in [0.05, 0.1) is 23.6 Å². The number of benzene rings is 2. The van der Waals surface area contributed by atoms with E-state index in [9.17, 15) is 9.18 Å². The van der Waals surface area contributed by atoms with Crippen LogP contribution in [0.2, 0.25) is 0 Å². The summed E-state index contributed by atoms with van der Waals surface area (Å²) in [4.78, 5) is 20.3. The summed E-state index contributed by atoms with van der Waals surface area (Å²) < 4.78 is 12.9. The number of hydrogen-bond acceptors (Lipinski definition) is 5. The summed E-state index contributed by atoms with van der Waals surface area (Å²) in [6.45, 7) is 0.260. The maximum atomic E-state index is 12.9. The van der Waals surface area contributed by atoms with Gasteiger partial charge in [0.1, 0.15) is 23.4 Å². The summed E-state index contributed by atoms with van der Waals surface area (Å²) in [5.41, 5.74) is 2.03. The highest BCUT2D eigenvalue weighted by atomic mass is 19.1. The van der Waals surface area contributed by atoms with Crippen LogP contribution >= 0.6 is 0 Å². The number of halogens is 1. The number of rotatable bonds is 5. The quantitative estimate of drug-likeness (QED) is 0.740. The van der Waals surface area contributed by atoms with Crippen LogP contribution in [0.15, 0.2) is 60.9 Å². The second-order valence-electron chi connectivity index (χ2n) is 5.38. The fourth-order valence-corrected chi connectivity index (χ4v) is 2.21. The van der Waals surface area contributed by atoms with E-state index in [0.717, 1.165) is 5.56 Å². The molecule has 0 unspecified atom stereocenters. The number of nitrogens with zero attached hydrogens (tertiary/aromatic N) is 3. The molecule has 0 spiro atoms. The first-order valence-corrected chi connectivity index (χ1v) is 7.76. The summed E-state index contributed by atoms with van der Waals surface area (Å²) >= 11 is 0. The van der Waals surface area contributed by atoms with Crippen LogP contribution in [-0.4, -0.2) is 15.9 Å². The van der Waals surface area contributed by atoms with Crippen molar-refractivity contribution in [2.75, 3.05) is 5.32 Å². The summed E-state index contributed by atoms with van der Waals surface area (Å²) in [6.07, 6.45) is 2.76. The smallest absolute Gasteiger partial charge is 0.271 e. The van der Waals surface area contributed by atoms with Crippen LogP contribution in [0.5, 0.6) is 0 Å². The molecule has 3 aromatic rings. The van der Waals surface area contributed by atoms with Gasteiger partial charge in [-0.2, -0.15) is 5.26 Å². The van der Waals surface area contributed by atoms with Gasteiger partial charge in [-0.15, -0.1) is 0 Å². The molecular weight excluding hydrogens is 333 g/mol. The van der Waals surface area contributed by atoms with Gasteiger partial charge in [0.25, 0.3) is 5.91 Å². The predicted octanol–water partition coefficient (Wildman–Crippen LogP) is 3.16. The first-order valence-electron chi connectivity index (χ1n) is 7.76. The zero-order valence-electron chi connectivity index (χ0n) is 13.6. The number of amides is 1. The van der Waals surface area contributed by atoms with E-state index in [2.05, 4.69) is 26.7 Å². The Labute approximate surface area is 149 Å². The summed E-state index contributed by atoms with van der Waals surface area (Å²) in [7, 11) is 0. The van der Waals surface area contributed by atoms with Crippen molar-refractivity contribution in [3.8, 4) is 6.07 Å². The molecule has 7 heteroatoms. The van der Waals surface area contributed by atoms with Crippen molar-refractivity contribution in [3.05, 3.63) is 83.6 Å². The van der Waals surface area contributed by atoms with E-state index in [1.54, 1.807) is 36.4 Å². The Bertz CT molecular complexity index is 949. The Hall–Kier alpha value is -3.79. The third-order valence-electron chi connectivity index (χ3n) is 3.56. The third-order valence-corrected chi connectivity index (χ3v) is 3.56. The molecule has 3 rings (SSSR count). The van der Waals surface area contributed by atoms with Crippen LogP contribution in [0, 0.1) is 17.1 Å². The van der Waals surface area contributed by atoms with Crippen molar-refractivity contribution in [1.29, 1.82) is 5.26 Å². The van der Waals surface area contributed by atoms with Crippen LogP contribution in [0.1, 0.15) is 21.6 Å². The number of aromatic nitrogens is 2. The highest BCUT2D eigenvalue weighted by Crippen LogP contribution is 2.18. The molecule has 0 aliphatic carbocycles. The molecule has 2 N–H and O–H groups in total. The van der Waals surface area contributed by atoms with Crippen LogP contribution in [-0.2, 0) is 6.54 Å². The van der Waals surface area contributed by atoms with E-state index in [1.807, 2.05) is 0 Å². The molecule has 26 heavy (non-hydrogen) atoms. The van der Waals surface area contributed by atoms with E-state index in [4.69, 9.17) is 5.26 Å². The summed E-state index contributed by atoms with van der Waals surface area (Å²) in [6, 6.07) is 15.0. The normalized spacial score (nSPS) is 10.0. The SMILES string of the molecule is N#Cc1ccccc1Nc1cnc(C(=O)NCc2ccc(F)cc2)cn1. The molecule has 2 aromatic carbocycles. The second-order valence-corrected chi connectivity index (χ2v) is 5.38. The summed E-state index contributed by atoms with van der Waals surface area (Å²) in [5, 5.41) is 14.8. The molecule has 0 radical (unpaired) electrons. The molecule has 1 heterocycles. The largest absolute Gasteiger partial charge is 0.347 e. The Kier molecular flexibility index (Phi) is 5.15. The van der Waals surface area contributed by atoms with Crippen molar-refractivity contribution >= 4 is 17.4 Å². The lowest BCUT2D eigenvalue weighted by molar-refractivity contribution is 0.0945. The topological polar surface area (TPSA) is 90.7 Å². The van der Waals surface area contributed by atoms with Crippen LogP contribution in [0.3, 0.4) is 0 Å². The first kappa shape index (κ1) is 17.0. The van der Waals surface area contributed by atoms with E-state index in [1.165, 1.54) is 24.5 Å². The van der Waals surface area contributed by atoms with Gasteiger partial charge in [0, 0.05) is 6.54 Å². The minimum Gasteiger partial charge on any atom is -0.347 e. The minimum absolute atomic E-state index is 0.159. The van der Waals surface area contributed by atoms with E-state index < -0.39 is 0 Å². The average molecular weight is 347 g/mol. The van der Waals surface area contributed by atoms with Gasteiger partial charge in [-0.25, -0.2) is 14.4 Å². The third kappa shape index (κ3) is 4.19. The summed E-state index contributed by atoms with van der Waals surface area (Å²) in [5.74, 6) is -0.291. The monoisotopic (exact) mass is 347 g/mol. The number of carbonyl (C=O) groups is 1. The van der Waals surface area contributed by atoms with E-state index in [-0.39, 0.29) is 24.0 Å². The molecular formula is C19H14FN5O. The van der Waals surface area contributed by atoms with Crippen molar-refractivity contribution in [2.24, 2.45) is 0 Å². The van der Waals surface area contributed by atoms with Crippen LogP contribution < -0.4 is 10.6 Å². The Morgan fingerprint density at radius 1 is 1.08 bits per heavy atom. The van der Waals surface area contributed by atoms with Crippen molar-refractivity contribution < 1.29 is 9.18 Å². The molecule has 128 valence electrons. The zero-order chi connectivity index (χ0) is 18.4. The van der Waals surface area contributed by atoms with Crippen LogP contribution in [0.25, 0.3) is 0 Å². The number of carbonyl (C=O) groups excluding carboxylic acids is 1. The lowest BCUT2D eigenvalue weighted by Crippen LogP contribution is -2.24. The highest BCUT2D eigenvalue weighted by molar-refractivity contribution is 5.92. The predicted molar refractivity (Wildman–Crippen MR) is 94.0 cm³/mol. The van der Waals surface area contributed by atoms with Gasteiger partial charge in [-0.3, -0.25) is 4.79 Å². The number of nitriles is 1. The van der Waals surface area contributed by atoms with Crippen LogP contribution in [0.4, 0.5) is 15.9 Å². The Morgan fingerprint density at radius 3 is 2.54 bits per heavy atom. The lowest BCUT2D eigenvalue weighted by atomic mass is 10.2. The Morgan fingerprint density at radius 2 is 1.85 bits per heavy atom. The molecule has 0 aliphatic rings. The molecule has 0 aliphatic heterocycles.